The summed E-state index contributed by atoms with van der Waals surface area (Å²) in [5.74, 6) is 0.466. The van der Waals surface area contributed by atoms with Gasteiger partial charge in [-0.1, -0.05) is 0 Å². The van der Waals surface area contributed by atoms with Crippen molar-refractivity contribution in [2.24, 2.45) is 5.92 Å². The van der Waals surface area contributed by atoms with Crippen molar-refractivity contribution in [1.82, 2.24) is 4.98 Å². The fourth-order valence-corrected chi connectivity index (χ4v) is 3.08. The van der Waals surface area contributed by atoms with Gasteiger partial charge < -0.3 is 14.2 Å². The van der Waals surface area contributed by atoms with Gasteiger partial charge in [-0.05, 0) is 25.0 Å². The first-order chi connectivity index (χ1) is 9.74. The molecule has 2 saturated heterocycles. The van der Waals surface area contributed by atoms with Crippen LogP contribution in [0.4, 0.5) is 0 Å². The molecule has 0 amide bonds. The number of methoxy groups -OCH3 is 1. The fraction of sp³-hybridized carbons (Fsp3) is 0.600. The Morgan fingerprint density at radius 2 is 2.40 bits per heavy atom. The molecule has 0 radical (unpaired) electrons. The molecule has 108 valence electrons. The third-order valence-electron chi connectivity index (χ3n) is 4.16. The molecule has 2 aliphatic heterocycles. The normalized spacial score (nSPS) is 29.6. The molecule has 5 heteroatoms. The topological polar surface area (TPSA) is 57.7 Å². The van der Waals surface area contributed by atoms with E-state index in [-0.39, 0.29) is 17.3 Å². The van der Waals surface area contributed by atoms with E-state index in [1.165, 1.54) is 7.11 Å². The molecule has 1 aromatic heterocycles. The number of carbonyl (C=O) groups excluding carboxylic acids is 1. The molecule has 0 saturated carbocycles. The van der Waals surface area contributed by atoms with Crippen LogP contribution in [0.3, 0.4) is 0 Å². The van der Waals surface area contributed by atoms with Gasteiger partial charge in [0.1, 0.15) is 0 Å². The van der Waals surface area contributed by atoms with Gasteiger partial charge in [0.2, 0.25) is 5.88 Å². The van der Waals surface area contributed by atoms with Crippen LogP contribution in [0.2, 0.25) is 0 Å². The number of nitrogens with zero attached hydrogens (tertiary/aromatic N) is 1. The summed E-state index contributed by atoms with van der Waals surface area (Å²) in [5, 5.41) is 0. The van der Waals surface area contributed by atoms with Crippen LogP contribution >= 0.6 is 0 Å². The molecular weight excluding hydrogens is 258 g/mol. The molecule has 3 rings (SSSR count). The van der Waals surface area contributed by atoms with Gasteiger partial charge in [-0.25, -0.2) is 4.98 Å². The van der Waals surface area contributed by atoms with Crippen molar-refractivity contribution < 1.29 is 19.0 Å². The minimum absolute atomic E-state index is 0.0384. The summed E-state index contributed by atoms with van der Waals surface area (Å²) in [7, 11) is 1.54. The molecule has 2 unspecified atom stereocenters. The number of hydrogen-bond donors (Lipinski definition) is 0. The molecule has 2 atom stereocenters. The average Bonchev–Trinajstić information content (AvgIpc) is 2.94. The van der Waals surface area contributed by atoms with E-state index in [0.717, 1.165) is 25.9 Å². The zero-order valence-electron chi connectivity index (χ0n) is 11.6. The minimum atomic E-state index is -0.256. The average molecular weight is 277 g/mol. The molecular formula is C15H19NO4. The summed E-state index contributed by atoms with van der Waals surface area (Å²) in [6.07, 6.45) is 3.98. The number of pyridine rings is 1. The highest BCUT2D eigenvalue weighted by Gasteiger charge is 2.43. The molecule has 0 bridgehead atoms. The van der Waals surface area contributed by atoms with Gasteiger partial charge in [0, 0.05) is 31.7 Å². The van der Waals surface area contributed by atoms with Gasteiger partial charge in [-0.15, -0.1) is 0 Å². The SMILES string of the molecule is COc1ncccc1C(=O)C1CCOC2(CCOC2)C1. The number of ketones is 1. The first-order valence-corrected chi connectivity index (χ1v) is 6.99. The van der Waals surface area contributed by atoms with Gasteiger partial charge in [0.25, 0.3) is 0 Å². The maximum Gasteiger partial charge on any atom is 0.224 e. The van der Waals surface area contributed by atoms with E-state index in [9.17, 15) is 4.79 Å². The smallest absolute Gasteiger partial charge is 0.224 e. The summed E-state index contributed by atoms with van der Waals surface area (Å²) in [4.78, 5) is 16.8. The van der Waals surface area contributed by atoms with Crippen molar-refractivity contribution in [1.29, 1.82) is 0 Å². The predicted octanol–water partition coefficient (Wildman–Crippen LogP) is 1.86. The maximum atomic E-state index is 12.7. The van der Waals surface area contributed by atoms with E-state index in [0.29, 0.717) is 24.7 Å². The maximum absolute atomic E-state index is 12.7. The highest BCUT2D eigenvalue weighted by atomic mass is 16.6. The van der Waals surface area contributed by atoms with Crippen LogP contribution in [0.15, 0.2) is 18.3 Å². The van der Waals surface area contributed by atoms with Gasteiger partial charge >= 0.3 is 0 Å². The lowest BCUT2D eigenvalue weighted by Crippen LogP contribution is -2.42. The number of aromatic nitrogens is 1. The van der Waals surface area contributed by atoms with E-state index in [2.05, 4.69) is 4.98 Å². The molecule has 0 aromatic carbocycles. The largest absolute Gasteiger partial charge is 0.480 e. The summed E-state index contributed by atoms with van der Waals surface area (Å²) < 4.78 is 16.5. The summed E-state index contributed by atoms with van der Waals surface area (Å²) in [6, 6.07) is 3.55. The van der Waals surface area contributed by atoms with Gasteiger partial charge in [-0.3, -0.25) is 4.79 Å². The summed E-state index contributed by atoms with van der Waals surface area (Å²) in [6.45, 7) is 1.93. The van der Waals surface area contributed by atoms with E-state index < -0.39 is 0 Å². The van der Waals surface area contributed by atoms with Gasteiger partial charge in [-0.2, -0.15) is 0 Å². The number of carbonyl (C=O) groups is 1. The molecule has 2 fully saturated rings. The predicted molar refractivity (Wildman–Crippen MR) is 72.0 cm³/mol. The van der Waals surface area contributed by atoms with Crippen molar-refractivity contribution in [3.63, 3.8) is 0 Å². The second kappa shape index (κ2) is 5.50. The van der Waals surface area contributed by atoms with Crippen molar-refractivity contribution in [2.45, 2.75) is 24.9 Å². The lowest BCUT2D eigenvalue weighted by atomic mass is 9.81. The highest BCUT2D eigenvalue weighted by molar-refractivity contribution is 5.99. The monoisotopic (exact) mass is 277 g/mol. The zero-order valence-corrected chi connectivity index (χ0v) is 11.6. The molecule has 5 nitrogen and oxygen atoms in total. The van der Waals surface area contributed by atoms with Crippen LogP contribution in [0.25, 0.3) is 0 Å². The molecule has 1 spiro atoms. The summed E-state index contributed by atoms with van der Waals surface area (Å²) >= 11 is 0. The molecule has 20 heavy (non-hydrogen) atoms. The second-order valence-electron chi connectivity index (χ2n) is 5.45. The zero-order chi connectivity index (χ0) is 14.0. The van der Waals surface area contributed by atoms with Crippen LogP contribution in [0.1, 0.15) is 29.6 Å². The third-order valence-corrected chi connectivity index (χ3v) is 4.16. The minimum Gasteiger partial charge on any atom is -0.480 e. The van der Waals surface area contributed by atoms with Crippen molar-refractivity contribution in [2.75, 3.05) is 26.9 Å². The van der Waals surface area contributed by atoms with E-state index in [4.69, 9.17) is 14.2 Å². The van der Waals surface area contributed by atoms with Crippen molar-refractivity contribution in [3.05, 3.63) is 23.9 Å². The molecule has 3 heterocycles. The number of rotatable bonds is 3. The Labute approximate surface area is 118 Å². The number of ether oxygens (including phenoxy) is 3. The Morgan fingerprint density at radius 3 is 3.15 bits per heavy atom. The fourth-order valence-electron chi connectivity index (χ4n) is 3.08. The summed E-state index contributed by atoms with van der Waals surface area (Å²) in [5.41, 5.74) is 0.310. The van der Waals surface area contributed by atoms with Crippen LogP contribution in [-0.2, 0) is 9.47 Å². The third kappa shape index (κ3) is 2.43. The van der Waals surface area contributed by atoms with Gasteiger partial charge in [0.15, 0.2) is 5.78 Å². The van der Waals surface area contributed by atoms with Crippen LogP contribution in [0.5, 0.6) is 5.88 Å². The lowest BCUT2D eigenvalue weighted by molar-refractivity contribution is -0.0920. The molecule has 2 aliphatic rings. The van der Waals surface area contributed by atoms with Crippen molar-refractivity contribution >= 4 is 5.78 Å². The van der Waals surface area contributed by atoms with Crippen LogP contribution in [0, 0.1) is 5.92 Å². The Balaban J connectivity index is 1.79. The molecule has 1 aromatic rings. The number of Topliss-reactive ketones (excluding diaryl/α,β-unsaturated/α-hetero) is 1. The second-order valence-corrected chi connectivity index (χ2v) is 5.45. The van der Waals surface area contributed by atoms with E-state index >= 15 is 0 Å². The Morgan fingerprint density at radius 1 is 1.50 bits per heavy atom. The lowest BCUT2D eigenvalue weighted by Gasteiger charge is -2.36. The number of hydrogen-bond acceptors (Lipinski definition) is 5. The van der Waals surface area contributed by atoms with Crippen molar-refractivity contribution in [3.8, 4) is 5.88 Å². The molecule has 0 aliphatic carbocycles. The quantitative estimate of drug-likeness (QED) is 0.789. The highest BCUT2D eigenvalue weighted by Crippen LogP contribution is 2.37. The van der Waals surface area contributed by atoms with Crippen LogP contribution < -0.4 is 4.74 Å². The van der Waals surface area contributed by atoms with Crippen LogP contribution in [-0.4, -0.2) is 43.3 Å². The first-order valence-electron chi connectivity index (χ1n) is 6.99. The van der Waals surface area contributed by atoms with E-state index in [1.807, 2.05) is 0 Å². The Kier molecular flexibility index (Phi) is 3.72. The first kappa shape index (κ1) is 13.5. The standard InChI is InChI=1S/C15H19NO4/c1-18-14-12(3-2-6-16-14)13(17)11-4-7-20-15(9-11)5-8-19-10-15/h2-3,6,11H,4-5,7-10H2,1H3. The Bertz CT molecular complexity index is 496. The Hall–Kier alpha value is -1.46. The molecule has 0 N–H and O–H groups in total. The van der Waals surface area contributed by atoms with E-state index in [1.54, 1.807) is 18.3 Å². The van der Waals surface area contributed by atoms with Gasteiger partial charge in [0.05, 0.1) is 24.9 Å².